The van der Waals surface area contributed by atoms with Crippen LogP contribution in [0, 0.1) is 0 Å². The minimum absolute atomic E-state index is 0.0516. The summed E-state index contributed by atoms with van der Waals surface area (Å²) in [7, 11) is 2.00. The van der Waals surface area contributed by atoms with Gasteiger partial charge in [-0.15, -0.1) is 0 Å². The summed E-state index contributed by atoms with van der Waals surface area (Å²) in [6.07, 6.45) is 1.63. The molecule has 3 amide bonds. The number of hydrogen-bond donors (Lipinski definition) is 1. The lowest BCUT2D eigenvalue weighted by atomic mass is 9.51. The first kappa shape index (κ1) is 31.0. The Bertz CT molecular complexity index is 1600. The third kappa shape index (κ3) is 4.52. The van der Waals surface area contributed by atoms with Crippen molar-refractivity contribution in [2.75, 3.05) is 29.9 Å². The molecule has 0 unspecified atom stereocenters. The zero-order chi connectivity index (χ0) is 32.7. The van der Waals surface area contributed by atoms with Crippen molar-refractivity contribution in [3.63, 3.8) is 0 Å². The summed E-state index contributed by atoms with van der Waals surface area (Å²) >= 11 is 0. The minimum Gasteiger partial charge on any atom is -0.444 e. The van der Waals surface area contributed by atoms with E-state index < -0.39 is 46.4 Å². The maximum Gasteiger partial charge on any atom is 0.416 e. The summed E-state index contributed by atoms with van der Waals surface area (Å²) in [6.45, 7) is 16.1. The number of rotatable bonds is 1. The number of nitrogens with one attached hydrogen (secondary N) is 1. The molecule has 4 heterocycles. The number of ether oxygens (including phenoxy) is 2. The molecule has 1 saturated heterocycles. The summed E-state index contributed by atoms with van der Waals surface area (Å²) in [5.41, 5.74) is 2.09. The van der Waals surface area contributed by atoms with Gasteiger partial charge < -0.3 is 19.7 Å². The zero-order valence-electron chi connectivity index (χ0n) is 28.0. The van der Waals surface area contributed by atoms with E-state index in [1.54, 1.807) is 9.80 Å². The Morgan fingerprint density at radius 2 is 1.56 bits per heavy atom. The number of hydrogen-bond acceptors (Lipinski definition) is 6. The average molecular weight is 615 g/mol. The molecule has 2 spiro atoms. The number of benzene rings is 2. The number of fused-ring (bicyclic) bond motifs is 2. The largest absolute Gasteiger partial charge is 0.444 e. The number of carbonyl (C=O) groups excluding carboxylic acids is 3. The number of likely N-dealkylation sites (N-methyl/N-ethyl adjacent to an activating group) is 1. The lowest BCUT2D eigenvalue weighted by Gasteiger charge is -2.57. The van der Waals surface area contributed by atoms with Crippen molar-refractivity contribution >= 4 is 29.5 Å². The van der Waals surface area contributed by atoms with Crippen LogP contribution < -0.4 is 15.1 Å². The smallest absolute Gasteiger partial charge is 0.416 e. The molecule has 4 aliphatic heterocycles. The second kappa shape index (κ2) is 10.3. The Hall–Kier alpha value is -4.01. The SMILES string of the molecule is CC(C)=C[C@@H]1c2cccc3c2[C@@]2(CCN1C(=O)OC(C)(C)C)[C@@H](N3C)N(C(=O)OC(C)(C)C)c1ccccc1[C@]21CCNC1=O. The van der Waals surface area contributed by atoms with Gasteiger partial charge in [-0.1, -0.05) is 42.0 Å². The van der Waals surface area contributed by atoms with Crippen molar-refractivity contribution in [1.82, 2.24) is 10.2 Å². The standard InChI is InChI=1S/C36H46N4O5/c1-22(2)21-27-23-13-12-16-26-28(23)36(18-20-39(27)31(42)44-33(3,4)5)30(38(26)9)40(32(43)45-34(6,7)8)25-15-11-10-14-24(25)35(36)17-19-37-29(35)41/h10-16,21,27,30H,17-20H2,1-9H3,(H,37,41)/t27-,30+,35+,36+/m1/s1. The Labute approximate surface area is 266 Å². The zero-order valence-corrected chi connectivity index (χ0v) is 28.0. The van der Waals surface area contributed by atoms with Crippen LogP contribution in [0.2, 0.25) is 0 Å². The molecule has 0 radical (unpaired) electrons. The molecule has 0 bridgehead atoms. The van der Waals surface area contributed by atoms with Crippen LogP contribution in [0.4, 0.5) is 21.0 Å². The summed E-state index contributed by atoms with van der Waals surface area (Å²) in [4.78, 5) is 48.7. The molecule has 4 aliphatic rings. The van der Waals surface area contributed by atoms with E-state index in [0.717, 1.165) is 28.0 Å². The van der Waals surface area contributed by atoms with Gasteiger partial charge in [-0.3, -0.25) is 14.6 Å². The highest BCUT2D eigenvalue weighted by Gasteiger charge is 2.73. The predicted octanol–water partition coefficient (Wildman–Crippen LogP) is 6.56. The molecule has 1 N–H and O–H groups in total. The van der Waals surface area contributed by atoms with Gasteiger partial charge in [0.2, 0.25) is 5.91 Å². The summed E-state index contributed by atoms with van der Waals surface area (Å²) in [5.74, 6) is -0.0516. The predicted molar refractivity (Wildman–Crippen MR) is 174 cm³/mol. The van der Waals surface area contributed by atoms with Gasteiger partial charge in [0.05, 0.1) is 22.6 Å². The summed E-state index contributed by atoms with van der Waals surface area (Å²) < 4.78 is 12.1. The lowest BCUT2D eigenvalue weighted by Crippen LogP contribution is -2.70. The molecule has 2 aromatic carbocycles. The van der Waals surface area contributed by atoms with Crippen molar-refractivity contribution in [2.24, 2.45) is 0 Å². The van der Waals surface area contributed by atoms with Crippen LogP contribution >= 0.6 is 0 Å². The van der Waals surface area contributed by atoms with E-state index in [2.05, 4.69) is 28.4 Å². The molecule has 0 aliphatic carbocycles. The highest BCUT2D eigenvalue weighted by molar-refractivity contribution is 6.02. The molecular weight excluding hydrogens is 568 g/mol. The highest BCUT2D eigenvalue weighted by atomic mass is 16.6. The fourth-order valence-corrected chi connectivity index (χ4v) is 8.33. The maximum atomic E-state index is 14.6. The van der Waals surface area contributed by atoms with Gasteiger partial charge >= 0.3 is 12.2 Å². The van der Waals surface area contributed by atoms with E-state index in [1.807, 2.05) is 92.8 Å². The summed E-state index contributed by atoms with van der Waals surface area (Å²) in [5, 5.41) is 3.18. The highest BCUT2D eigenvalue weighted by Crippen LogP contribution is 2.67. The number of allylic oxidation sites excluding steroid dienone is 1. The molecule has 0 aromatic heterocycles. The van der Waals surface area contributed by atoms with Gasteiger partial charge in [0.25, 0.3) is 0 Å². The molecule has 0 saturated carbocycles. The topological polar surface area (TPSA) is 91.4 Å². The van der Waals surface area contributed by atoms with Gasteiger partial charge in [-0.25, -0.2) is 9.59 Å². The van der Waals surface area contributed by atoms with Gasteiger partial charge in [0.1, 0.15) is 17.4 Å². The average Bonchev–Trinajstić information content (AvgIpc) is 3.38. The number of carbonyl (C=O) groups is 3. The monoisotopic (exact) mass is 614 g/mol. The van der Waals surface area contributed by atoms with Crippen LogP contribution in [0.1, 0.15) is 91.0 Å². The Kier molecular flexibility index (Phi) is 7.06. The van der Waals surface area contributed by atoms with Crippen LogP contribution in [0.3, 0.4) is 0 Å². The third-order valence-corrected chi connectivity index (χ3v) is 9.62. The number of amides is 3. The van der Waals surface area contributed by atoms with Crippen molar-refractivity contribution in [1.29, 1.82) is 0 Å². The van der Waals surface area contributed by atoms with E-state index in [0.29, 0.717) is 31.6 Å². The fraction of sp³-hybridized carbons (Fsp3) is 0.528. The van der Waals surface area contributed by atoms with Crippen LogP contribution in [0.5, 0.6) is 0 Å². The second-order valence-corrected chi connectivity index (χ2v) is 15.1. The van der Waals surface area contributed by atoms with Crippen molar-refractivity contribution in [3.8, 4) is 0 Å². The number of nitrogens with zero attached hydrogens (tertiary/aromatic N) is 3. The molecule has 6 rings (SSSR count). The molecule has 4 atom stereocenters. The quantitative estimate of drug-likeness (QED) is 0.366. The molecule has 9 nitrogen and oxygen atoms in total. The summed E-state index contributed by atoms with van der Waals surface area (Å²) in [6, 6.07) is 13.5. The fourth-order valence-electron chi connectivity index (χ4n) is 8.33. The van der Waals surface area contributed by atoms with Gasteiger partial charge in [-0.05, 0) is 97.1 Å². The molecule has 45 heavy (non-hydrogen) atoms. The van der Waals surface area contributed by atoms with Crippen LogP contribution in [-0.2, 0) is 25.1 Å². The Morgan fingerprint density at radius 1 is 0.911 bits per heavy atom. The van der Waals surface area contributed by atoms with Crippen molar-refractivity contribution in [3.05, 3.63) is 70.8 Å². The lowest BCUT2D eigenvalue weighted by molar-refractivity contribution is -0.127. The maximum absolute atomic E-state index is 14.6. The van der Waals surface area contributed by atoms with Gasteiger partial charge in [0, 0.05) is 25.8 Å². The minimum atomic E-state index is -0.998. The van der Waals surface area contributed by atoms with Gasteiger partial charge in [0.15, 0.2) is 0 Å². The Balaban J connectivity index is 1.69. The molecule has 1 fully saturated rings. The van der Waals surface area contributed by atoms with Crippen LogP contribution in [0.25, 0.3) is 0 Å². The second-order valence-electron chi connectivity index (χ2n) is 15.1. The van der Waals surface area contributed by atoms with Crippen molar-refractivity contribution < 1.29 is 23.9 Å². The first-order valence-electron chi connectivity index (χ1n) is 15.9. The first-order valence-corrected chi connectivity index (χ1v) is 15.9. The van der Waals surface area contributed by atoms with E-state index in [4.69, 9.17) is 9.47 Å². The van der Waals surface area contributed by atoms with E-state index in [1.165, 1.54) is 0 Å². The Morgan fingerprint density at radius 3 is 2.18 bits per heavy atom. The van der Waals surface area contributed by atoms with Crippen LogP contribution in [-0.4, -0.2) is 60.5 Å². The van der Waals surface area contributed by atoms with E-state index >= 15 is 0 Å². The van der Waals surface area contributed by atoms with E-state index in [-0.39, 0.29) is 5.91 Å². The molecule has 240 valence electrons. The van der Waals surface area contributed by atoms with Crippen molar-refractivity contribution in [2.45, 2.75) is 102 Å². The number of anilines is 2. The van der Waals surface area contributed by atoms with Gasteiger partial charge in [-0.2, -0.15) is 0 Å². The molecular formula is C36H46N4O5. The first-order chi connectivity index (χ1) is 21.0. The third-order valence-electron chi connectivity index (χ3n) is 9.62. The number of para-hydroxylation sites is 1. The van der Waals surface area contributed by atoms with E-state index in [9.17, 15) is 14.4 Å². The normalized spacial score (nSPS) is 26.9. The molecule has 9 heteroatoms. The molecule has 2 aromatic rings. The van der Waals surface area contributed by atoms with Crippen LogP contribution in [0.15, 0.2) is 54.1 Å².